The van der Waals surface area contributed by atoms with Gasteiger partial charge in [0.1, 0.15) is 28.8 Å². The van der Waals surface area contributed by atoms with Crippen LogP contribution in [0.1, 0.15) is 10.4 Å². The molecule has 0 saturated carbocycles. The van der Waals surface area contributed by atoms with Gasteiger partial charge in [0.05, 0.1) is 5.56 Å². The van der Waals surface area contributed by atoms with Crippen molar-refractivity contribution in [1.82, 2.24) is 0 Å². The van der Waals surface area contributed by atoms with Crippen LogP contribution in [0.15, 0.2) is 53.9 Å². The van der Waals surface area contributed by atoms with E-state index in [1.165, 1.54) is 12.1 Å². The first-order valence-electron chi connectivity index (χ1n) is 7.50. The Morgan fingerprint density at radius 1 is 1.07 bits per heavy atom. The predicted molar refractivity (Wildman–Crippen MR) is 91.7 cm³/mol. The summed E-state index contributed by atoms with van der Waals surface area (Å²) in [6, 6.07) is 7.88. The van der Waals surface area contributed by atoms with Gasteiger partial charge in [-0.15, -0.1) is 0 Å². The molecular weight excluding hydrogens is 363 g/mol. The molecule has 0 saturated heterocycles. The second kappa shape index (κ2) is 8.65. The van der Waals surface area contributed by atoms with E-state index in [2.05, 4.69) is 10.1 Å². The number of Topliss-reactive ketones (excluding diaryl/α,β-unsaturated/α-hetero) is 1. The van der Waals surface area contributed by atoms with Crippen LogP contribution in [0.3, 0.4) is 0 Å². The van der Waals surface area contributed by atoms with E-state index in [0.717, 1.165) is 30.3 Å². The summed E-state index contributed by atoms with van der Waals surface area (Å²) in [5.74, 6) is -5.18. The minimum atomic E-state index is -1.15. The summed E-state index contributed by atoms with van der Waals surface area (Å²) < 4.78 is 44.7. The Bertz CT molecular complexity index is 892. The number of halogens is 3. The Hall–Kier alpha value is -3.62. The number of hydrogen-bond acceptors (Lipinski definition) is 6. The minimum absolute atomic E-state index is 0.286. The molecular formula is C18H14F3N3O3. The third-order valence-electron chi connectivity index (χ3n) is 3.35. The van der Waals surface area contributed by atoms with Crippen LogP contribution in [-0.2, 0) is 9.53 Å². The second-order valence-corrected chi connectivity index (χ2v) is 5.20. The summed E-state index contributed by atoms with van der Waals surface area (Å²) in [5.41, 5.74) is 4.76. The van der Waals surface area contributed by atoms with Crippen molar-refractivity contribution in [3.63, 3.8) is 0 Å². The molecule has 0 aliphatic rings. The first kappa shape index (κ1) is 19.7. The van der Waals surface area contributed by atoms with Gasteiger partial charge >= 0.3 is 5.97 Å². The molecule has 140 valence electrons. The third-order valence-corrected chi connectivity index (χ3v) is 3.35. The van der Waals surface area contributed by atoms with Crippen molar-refractivity contribution in [2.24, 2.45) is 5.73 Å². The van der Waals surface area contributed by atoms with E-state index in [1.807, 2.05) is 0 Å². The van der Waals surface area contributed by atoms with E-state index in [0.29, 0.717) is 11.9 Å². The quantitative estimate of drug-likeness (QED) is 0.298. The largest absolute Gasteiger partial charge is 0.454 e. The first-order chi connectivity index (χ1) is 12.8. The molecule has 0 heterocycles. The topological polar surface area (TPSA) is 105 Å². The van der Waals surface area contributed by atoms with Gasteiger partial charge in [-0.05, 0) is 36.4 Å². The van der Waals surface area contributed by atoms with Crippen LogP contribution in [0.2, 0.25) is 0 Å². The number of ketones is 1. The summed E-state index contributed by atoms with van der Waals surface area (Å²) in [5, 5.41) is 9.84. The molecule has 0 amide bonds. The normalized spacial score (nSPS) is 11.4. The Kier molecular flexibility index (Phi) is 6.32. The predicted octanol–water partition coefficient (Wildman–Crippen LogP) is 2.76. The van der Waals surface area contributed by atoms with Crippen LogP contribution in [0.5, 0.6) is 0 Å². The van der Waals surface area contributed by atoms with E-state index < -0.39 is 46.9 Å². The zero-order valence-electron chi connectivity index (χ0n) is 13.8. The number of nitrogens with one attached hydrogen (secondary N) is 2. The van der Waals surface area contributed by atoms with Gasteiger partial charge in [0.2, 0.25) is 5.78 Å². The van der Waals surface area contributed by atoms with Crippen LogP contribution in [0.25, 0.3) is 0 Å². The maximum absolute atomic E-state index is 13.5. The van der Waals surface area contributed by atoms with Crippen molar-refractivity contribution < 1.29 is 27.5 Å². The zero-order chi connectivity index (χ0) is 20.0. The number of nitrogens with two attached hydrogens (primary N) is 1. The molecule has 0 unspecified atom stereocenters. The molecule has 0 aliphatic heterocycles. The van der Waals surface area contributed by atoms with Crippen LogP contribution in [0, 0.1) is 22.9 Å². The van der Waals surface area contributed by atoms with E-state index in [1.54, 1.807) is 0 Å². The summed E-state index contributed by atoms with van der Waals surface area (Å²) >= 11 is 0. The number of anilines is 1. The lowest BCUT2D eigenvalue weighted by Gasteiger charge is -2.11. The molecule has 0 fully saturated rings. The fraction of sp³-hybridized carbons (Fsp3) is 0.0556. The van der Waals surface area contributed by atoms with Gasteiger partial charge in [0, 0.05) is 11.9 Å². The molecule has 0 aliphatic carbocycles. The van der Waals surface area contributed by atoms with Crippen molar-refractivity contribution >= 4 is 23.7 Å². The number of carbonyl (C=O) groups is 2. The van der Waals surface area contributed by atoms with Crippen LogP contribution >= 0.6 is 0 Å². The molecule has 2 aromatic carbocycles. The first-order valence-corrected chi connectivity index (χ1v) is 7.50. The molecule has 9 heteroatoms. The van der Waals surface area contributed by atoms with Crippen molar-refractivity contribution in [2.75, 3.05) is 11.9 Å². The maximum Gasteiger partial charge on any atom is 0.343 e. The van der Waals surface area contributed by atoms with Gasteiger partial charge < -0.3 is 21.2 Å². The number of esters is 1. The summed E-state index contributed by atoms with van der Waals surface area (Å²) in [4.78, 5) is 23.9. The van der Waals surface area contributed by atoms with Gasteiger partial charge in [-0.25, -0.2) is 18.0 Å². The summed E-state index contributed by atoms with van der Waals surface area (Å²) in [6.45, 7) is -0.947. The van der Waals surface area contributed by atoms with Gasteiger partial charge in [0.15, 0.2) is 6.61 Å². The van der Waals surface area contributed by atoms with E-state index in [9.17, 15) is 22.8 Å². The van der Waals surface area contributed by atoms with Gasteiger partial charge in [-0.2, -0.15) is 0 Å². The average molecular weight is 377 g/mol. The summed E-state index contributed by atoms with van der Waals surface area (Å²) in [7, 11) is 0. The summed E-state index contributed by atoms with van der Waals surface area (Å²) in [6.07, 6.45) is 0.586. The Morgan fingerprint density at radius 3 is 2.22 bits per heavy atom. The van der Waals surface area contributed by atoms with Crippen molar-refractivity contribution in [3.8, 4) is 0 Å². The fourth-order valence-electron chi connectivity index (χ4n) is 2.05. The van der Waals surface area contributed by atoms with Crippen LogP contribution in [0.4, 0.5) is 18.9 Å². The molecule has 27 heavy (non-hydrogen) atoms. The van der Waals surface area contributed by atoms with Crippen LogP contribution < -0.4 is 11.1 Å². The highest BCUT2D eigenvalue weighted by atomic mass is 19.1. The van der Waals surface area contributed by atoms with Gasteiger partial charge in [0.25, 0.3) is 0 Å². The Labute approximate surface area is 151 Å². The zero-order valence-corrected chi connectivity index (χ0v) is 13.8. The molecule has 4 N–H and O–H groups in total. The maximum atomic E-state index is 13.5. The molecule has 2 aromatic rings. The fourth-order valence-corrected chi connectivity index (χ4v) is 2.05. The lowest BCUT2D eigenvalue weighted by molar-refractivity contribution is -0.137. The molecule has 0 aromatic heterocycles. The Balaban J connectivity index is 2.09. The average Bonchev–Trinajstić information content (AvgIpc) is 2.62. The smallest absolute Gasteiger partial charge is 0.343 e. The van der Waals surface area contributed by atoms with Gasteiger partial charge in [-0.3, -0.25) is 4.79 Å². The lowest BCUT2D eigenvalue weighted by atomic mass is 10.1. The van der Waals surface area contributed by atoms with E-state index in [4.69, 9.17) is 11.1 Å². The highest BCUT2D eigenvalue weighted by Crippen LogP contribution is 2.14. The third kappa shape index (κ3) is 4.94. The van der Waals surface area contributed by atoms with Crippen LogP contribution in [-0.4, -0.2) is 24.6 Å². The van der Waals surface area contributed by atoms with Gasteiger partial charge in [-0.1, -0.05) is 6.07 Å². The molecule has 0 bridgehead atoms. The van der Waals surface area contributed by atoms with E-state index >= 15 is 0 Å². The second-order valence-electron chi connectivity index (χ2n) is 5.20. The van der Waals surface area contributed by atoms with Crippen molar-refractivity contribution in [1.29, 1.82) is 5.41 Å². The lowest BCUT2D eigenvalue weighted by Crippen LogP contribution is -2.23. The van der Waals surface area contributed by atoms with E-state index in [-0.39, 0.29) is 5.82 Å². The molecule has 0 atom stereocenters. The highest BCUT2D eigenvalue weighted by Gasteiger charge is 2.20. The number of rotatable bonds is 7. The molecule has 0 spiro atoms. The number of ether oxygens (including phenoxy) is 1. The monoisotopic (exact) mass is 377 g/mol. The number of hydrogen-bond donors (Lipinski definition) is 3. The number of benzene rings is 2. The Morgan fingerprint density at radius 2 is 1.67 bits per heavy atom. The van der Waals surface area contributed by atoms with Crippen molar-refractivity contribution in [2.45, 2.75) is 0 Å². The van der Waals surface area contributed by atoms with Crippen molar-refractivity contribution in [3.05, 3.63) is 76.9 Å². The SMILES string of the molecule is N=C/C(C(=O)OCC(=O)c1c(F)cccc1F)=C(/N)Nc1ccc(F)cc1. The standard InChI is InChI=1S/C18H14F3N3O3/c19-10-4-6-11(7-5-10)24-17(23)12(8-22)18(26)27-9-15(25)16-13(20)2-1-3-14(16)21/h1-8,22,24H,9,23H2/b17-12+,22-8?. The highest BCUT2D eigenvalue weighted by molar-refractivity contribution is 6.10. The molecule has 6 nitrogen and oxygen atoms in total. The number of carbonyl (C=O) groups excluding carboxylic acids is 2. The minimum Gasteiger partial charge on any atom is -0.454 e. The molecule has 2 rings (SSSR count). The molecule has 0 radical (unpaired) electrons.